The summed E-state index contributed by atoms with van der Waals surface area (Å²) in [6, 6.07) is 8.32. The number of nitrogens with zero attached hydrogens (tertiary/aromatic N) is 3. The second-order valence-corrected chi connectivity index (χ2v) is 5.56. The minimum Gasteiger partial charge on any atom is -0.383 e. The average Bonchev–Trinajstić information content (AvgIpc) is 2.99. The third-order valence-corrected chi connectivity index (χ3v) is 3.96. The molecule has 0 bridgehead atoms. The largest absolute Gasteiger partial charge is 0.383 e. The number of hydrogen-bond acceptors (Lipinski definition) is 3. The minimum absolute atomic E-state index is 0.118. The highest BCUT2D eigenvalue weighted by atomic mass is 16.5. The Kier molecular flexibility index (Phi) is 6.35. The Balaban J connectivity index is 2.13. The Hall–Kier alpha value is -2.14. The van der Waals surface area contributed by atoms with Crippen molar-refractivity contribution < 1.29 is 9.53 Å². The molecule has 1 aromatic heterocycles. The van der Waals surface area contributed by atoms with Crippen LogP contribution in [-0.4, -0.2) is 40.6 Å². The van der Waals surface area contributed by atoms with Gasteiger partial charge < -0.3 is 14.2 Å². The van der Waals surface area contributed by atoms with Crippen LogP contribution in [0.1, 0.15) is 30.3 Å². The van der Waals surface area contributed by atoms with E-state index in [1.54, 1.807) is 18.2 Å². The maximum Gasteiger partial charge on any atom is 0.222 e. The van der Waals surface area contributed by atoms with Gasteiger partial charge in [0, 0.05) is 39.0 Å². The Labute approximate surface area is 137 Å². The molecular weight excluding hydrogens is 290 g/mol. The van der Waals surface area contributed by atoms with Gasteiger partial charge in [-0.2, -0.15) is 0 Å². The third-order valence-electron chi connectivity index (χ3n) is 3.96. The summed E-state index contributed by atoms with van der Waals surface area (Å²) < 4.78 is 7.21. The lowest BCUT2D eigenvalue weighted by Gasteiger charge is -2.22. The van der Waals surface area contributed by atoms with Crippen LogP contribution in [0.15, 0.2) is 36.7 Å². The summed E-state index contributed by atoms with van der Waals surface area (Å²) in [5.74, 6) is 1.01. The molecular formula is C18H25N3O2. The normalized spacial score (nSPS) is 10.7. The first-order valence-corrected chi connectivity index (χ1v) is 7.97. The molecule has 2 aromatic rings. The number of imidazole rings is 1. The fourth-order valence-corrected chi connectivity index (χ4v) is 2.49. The number of hydrogen-bond donors (Lipinski definition) is 0. The van der Waals surface area contributed by atoms with Crippen molar-refractivity contribution in [2.24, 2.45) is 0 Å². The predicted molar refractivity (Wildman–Crippen MR) is 90.1 cm³/mol. The fraction of sp³-hybridized carbons (Fsp3) is 0.444. The second kappa shape index (κ2) is 8.48. The molecule has 1 amide bonds. The van der Waals surface area contributed by atoms with Gasteiger partial charge in [-0.25, -0.2) is 4.98 Å². The number of methoxy groups -OCH3 is 1. The molecule has 0 atom stereocenters. The van der Waals surface area contributed by atoms with Crippen LogP contribution in [0.3, 0.4) is 0 Å². The van der Waals surface area contributed by atoms with Gasteiger partial charge in [0.25, 0.3) is 0 Å². The molecule has 0 fully saturated rings. The number of carbonyl (C=O) groups is 1. The first-order chi connectivity index (χ1) is 11.2. The van der Waals surface area contributed by atoms with Crippen LogP contribution in [0, 0.1) is 6.92 Å². The predicted octanol–water partition coefficient (Wildman–Crippen LogP) is 2.62. The number of carbonyl (C=O) groups excluding carboxylic acids is 1. The van der Waals surface area contributed by atoms with Gasteiger partial charge >= 0.3 is 0 Å². The van der Waals surface area contributed by atoms with E-state index in [4.69, 9.17) is 4.74 Å². The van der Waals surface area contributed by atoms with Gasteiger partial charge in [0.1, 0.15) is 5.82 Å². The van der Waals surface area contributed by atoms with Crippen molar-refractivity contribution in [2.75, 3.05) is 20.3 Å². The highest BCUT2D eigenvalue weighted by Crippen LogP contribution is 2.12. The lowest BCUT2D eigenvalue weighted by atomic mass is 10.1. The van der Waals surface area contributed by atoms with E-state index in [-0.39, 0.29) is 5.91 Å². The van der Waals surface area contributed by atoms with E-state index in [0.29, 0.717) is 26.1 Å². The molecule has 1 heterocycles. The topological polar surface area (TPSA) is 47.4 Å². The molecule has 0 saturated heterocycles. The van der Waals surface area contributed by atoms with Crippen LogP contribution in [0.5, 0.6) is 0 Å². The van der Waals surface area contributed by atoms with E-state index in [9.17, 15) is 4.79 Å². The quantitative estimate of drug-likeness (QED) is 0.752. The zero-order valence-corrected chi connectivity index (χ0v) is 14.2. The summed E-state index contributed by atoms with van der Waals surface area (Å²) >= 11 is 0. The van der Waals surface area contributed by atoms with E-state index in [1.807, 2.05) is 25.3 Å². The molecule has 5 heteroatoms. The minimum atomic E-state index is 0.118. The Morgan fingerprint density at radius 2 is 2.13 bits per heavy atom. The second-order valence-electron chi connectivity index (χ2n) is 5.56. The zero-order valence-electron chi connectivity index (χ0n) is 14.2. The molecule has 0 aliphatic carbocycles. The van der Waals surface area contributed by atoms with Crippen molar-refractivity contribution in [3.05, 3.63) is 53.6 Å². The lowest BCUT2D eigenvalue weighted by molar-refractivity contribution is -0.132. The highest BCUT2D eigenvalue weighted by molar-refractivity contribution is 5.75. The van der Waals surface area contributed by atoms with Gasteiger partial charge in [-0.15, -0.1) is 0 Å². The number of aromatic nitrogens is 2. The zero-order chi connectivity index (χ0) is 16.7. The number of benzene rings is 1. The van der Waals surface area contributed by atoms with E-state index < -0.39 is 0 Å². The third kappa shape index (κ3) is 4.66. The lowest BCUT2D eigenvalue weighted by Crippen LogP contribution is -2.34. The SMILES string of the molecule is CCC(=O)N(CCOC)Cc1nccn1Cc1ccccc1C. The highest BCUT2D eigenvalue weighted by Gasteiger charge is 2.15. The molecule has 0 aliphatic rings. The van der Waals surface area contributed by atoms with Crippen LogP contribution in [0.4, 0.5) is 0 Å². The summed E-state index contributed by atoms with van der Waals surface area (Å²) in [5.41, 5.74) is 2.52. The number of aryl methyl sites for hydroxylation is 1. The van der Waals surface area contributed by atoms with Crippen molar-refractivity contribution >= 4 is 5.91 Å². The number of ether oxygens (including phenoxy) is 1. The van der Waals surface area contributed by atoms with Crippen LogP contribution in [0.2, 0.25) is 0 Å². The van der Waals surface area contributed by atoms with Crippen molar-refractivity contribution in [2.45, 2.75) is 33.4 Å². The molecule has 0 aliphatic heterocycles. The average molecular weight is 315 g/mol. The first kappa shape index (κ1) is 17.2. The summed E-state index contributed by atoms with van der Waals surface area (Å²) in [5, 5.41) is 0. The Morgan fingerprint density at radius 1 is 1.35 bits per heavy atom. The summed E-state index contributed by atoms with van der Waals surface area (Å²) in [6.07, 6.45) is 4.24. The van der Waals surface area contributed by atoms with Crippen molar-refractivity contribution in [3.8, 4) is 0 Å². The van der Waals surface area contributed by atoms with Gasteiger partial charge in [-0.1, -0.05) is 31.2 Å². The van der Waals surface area contributed by atoms with E-state index in [1.165, 1.54) is 11.1 Å². The smallest absolute Gasteiger partial charge is 0.222 e. The van der Waals surface area contributed by atoms with Crippen molar-refractivity contribution in [1.29, 1.82) is 0 Å². The van der Waals surface area contributed by atoms with Crippen molar-refractivity contribution in [1.82, 2.24) is 14.5 Å². The fourth-order valence-electron chi connectivity index (χ4n) is 2.49. The van der Waals surface area contributed by atoms with Crippen LogP contribution < -0.4 is 0 Å². The van der Waals surface area contributed by atoms with Crippen LogP contribution >= 0.6 is 0 Å². The molecule has 0 N–H and O–H groups in total. The number of amides is 1. The molecule has 1 aromatic carbocycles. The van der Waals surface area contributed by atoms with Gasteiger partial charge in [0.15, 0.2) is 0 Å². The maximum absolute atomic E-state index is 12.1. The van der Waals surface area contributed by atoms with Crippen LogP contribution in [-0.2, 0) is 22.6 Å². The molecule has 0 unspecified atom stereocenters. The van der Waals surface area contributed by atoms with Gasteiger partial charge in [-0.05, 0) is 18.1 Å². The first-order valence-electron chi connectivity index (χ1n) is 7.97. The van der Waals surface area contributed by atoms with E-state index in [2.05, 4.69) is 28.6 Å². The molecule has 0 saturated carbocycles. The monoisotopic (exact) mass is 315 g/mol. The van der Waals surface area contributed by atoms with Gasteiger partial charge in [0.2, 0.25) is 5.91 Å². The number of rotatable bonds is 8. The van der Waals surface area contributed by atoms with E-state index in [0.717, 1.165) is 12.4 Å². The summed E-state index contributed by atoms with van der Waals surface area (Å²) in [7, 11) is 1.65. The Morgan fingerprint density at radius 3 is 2.83 bits per heavy atom. The van der Waals surface area contributed by atoms with Gasteiger partial charge in [-0.3, -0.25) is 4.79 Å². The molecule has 5 nitrogen and oxygen atoms in total. The molecule has 2 rings (SSSR count). The molecule has 0 radical (unpaired) electrons. The van der Waals surface area contributed by atoms with Crippen LogP contribution in [0.25, 0.3) is 0 Å². The molecule has 0 spiro atoms. The standard InChI is InChI=1S/C18H25N3O2/c1-4-18(22)21(11-12-23-3)14-17-19-9-10-20(17)13-16-8-6-5-7-15(16)2/h5-10H,4,11-14H2,1-3H3. The maximum atomic E-state index is 12.1. The Bertz CT molecular complexity index is 637. The van der Waals surface area contributed by atoms with Crippen molar-refractivity contribution in [3.63, 3.8) is 0 Å². The van der Waals surface area contributed by atoms with Gasteiger partial charge in [0.05, 0.1) is 13.2 Å². The molecule has 23 heavy (non-hydrogen) atoms. The summed E-state index contributed by atoms with van der Waals surface area (Å²) in [6.45, 7) is 6.37. The van der Waals surface area contributed by atoms with E-state index >= 15 is 0 Å². The summed E-state index contributed by atoms with van der Waals surface area (Å²) in [4.78, 5) is 18.3. The molecule has 124 valence electrons.